The fourth-order valence-electron chi connectivity index (χ4n) is 3.64. The van der Waals surface area contributed by atoms with E-state index in [0.717, 1.165) is 37.7 Å². The minimum absolute atomic E-state index is 0.288. The van der Waals surface area contributed by atoms with Crippen LogP contribution in [0.4, 0.5) is 5.95 Å². The third kappa shape index (κ3) is 2.84. The third-order valence-electron chi connectivity index (χ3n) is 5.34. The number of aromatic nitrogens is 6. The van der Waals surface area contributed by atoms with E-state index in [1.54, 1.807) is 12.3 Å². The van der Waals surface area contributed by atoms with Gasteiger partial charge in [0.2, 0.25) is 11.8 Å². The molecular formula is C18H22N8O. The summed E-state index contributed by atoms with van der Waals surface area (Å²) >= 11 is 0. The van der Waals surface area contributed by atoms with E-state index in [0.29, 0.717) is 22.7 Å². The van der Waals surface area contributed by atoms with E-state index < -0.39 is 0 Å². The molecule has 9 heteroatoms. The van der Waals surface area contributed by atoms with Gasteiger partial charge in [-0.25, -0.2) is 9.97 Å². The highest BCUT2D eigenvalue weighted by Crippen LogP contribution is 2.23. The molecule has 0 unspecified atom stereocenters. The largest absolute Gasteiger partial charge is 0.461 e. The fraction of sp³-hybridized carbons (Fsp3) is 0.444. The summed E-state index contributed by atoms with van der Waals surface area (Å²) in [5, 5.41) is 4.41. The van der Waals surface area contributed by atoms with Gasteiger partial charge in [-0.1, -0.05) is 6.92 Å². The molecule has 0 atom stereocenters. The van der Waals surface area contributed by atoms with Crippen LogP contribution in [0.5, 0.6) is 0 Å². The summed E-state index contributed by atoms with van der Waals surface area (Å²) in [6.45, 7) is 6.45. The van der Waals surface area contributed by atoms with Crippen molar-refractivity contribution < 1.29 is 4.42 Å². The Morgan fingerprint density at radius 3 is 2.81 bits per heavy atom. The summed E-state index contributed by atoms with van der Waals surface area (Å²) in [7, 11) is 0. The molecule has 4 aromatic heterocycles. The molecule has 4 aromatic rings. The number of hydrogen-bond acceptors (Lipinski definition) is 7. The molecule has 27 heavy (non-hydrogen) atoms. The summed E-state index contributed by atoms with van der Waals surface area (Å²) in [4.78, 5) is 16.1. The van der Waals surface area contributed by atoms with E-state index in [1.807, 2.05) is 17.0 Å². The van der Waals surface area contributed by atoms with Crippen molar-refractivity contribution in [2.75, 3.05) is 25.4 Å². The van der Waals surface area contributed by atoms with Crippen LogP contribution < -0.4 is 5.73 Å². The zero-order valence-corrected chi connectivity index (χ0v) is 15.2. The molecule has 1 fully saturated rings. The molecule has 0 saturated carbocycles. The van der Waals surface area contributed by atoms with Gasteiger partial charge in [0.1, 0.15) is 0 Å². The van der Waals surface area contributed by atoms with Crippen molar-refractivity contribution in [2.24, 2.45) is 5.92 Å². The van der Waals surface area contributed by atoms with Gasteiger partial charge < -0.3 is 19.6 Å². The van der Waals surface area contributed by atoms with Crippen molar-refractivity contribution in [1.82, 2.24) is 34.0 Å². The van der Waals surface area contributed by atoms with Crippen LogP contribution in [0.1, 0.15) is 19.8 Å². The topological polar surface area (TPSA) is 103 Å². The van der Waals surface area contributed by atoms with Gasteiger partial charge in [-0.3, -0.25) is 0 Å². The second-order valence-electron chi connectivity index (χ2n) is 7.25. The maximum absolute atomic E-state index is 6.14. The van der Waals surface area contributed by atoms with Crippen LogP contribution in [0, 0.1) is 5.92 Å². The highest BCUT2D eigenvalue weighted by atomic mass is 16.3. The lowest BCUT2D eigenvalue weighted by atomic mass is 9.99. The van der Waals surface area contributed by atoms with Gasteiger partial charge in [0.05, 0.1) is 12.6 Å². The Balaban J connectivity index is 1.47. The van der Waals surface area contributed by atoms with Crippen LogP contribution in [0.15, 0.2) is 29.1 Å². The Bertz CT molecular complexity index is 1070. The summed E-state index contributed by atoms with van der Waals surface area (Å²) < 4.78 is 8.95. The molecular weight excluding hydrogens is 344 g/mol. The first-order valence-corrected chi connectivity index (χ1v) is 9.32. The predicted molar refractivity (Wildman–Crippen MR) is 101 cm³/mol. The van der Waals surface area contributed by atoms with E-state index in [1.165, 1.54) is 17.4 Å². The van der Waals surface area contributed by atoms with Crippen molar-refractivity contribution in [1.29, 1.82) is 0 Å². The molecule has 2 N–H and O–H groups in total. The molecule has 1 aliphatic heterocycles. The zero-order chi connectivity index (χ0) is 18.4. The lowest BCUT2D eigenvalue weighted by molar-refractivity contribution is 0.187. The van der Waals surface area contributed by atoms with Crippen molar-refractivity contribution >= 4 is 22.8 Å². The molecule has 0 radical (unpaired) electrons. The Hall–Kier alpha value is -2.94. The average molecular weight is 366 g/mol. The van der Waals surface area contributed by atoms with E-state index in [-0.39, 0.29) is 5.95 Å². The second-order valence-corrected chi connectivity index (χ2v) is 7.25. The number of nitrogens with two attached hydrogens (primary N) is 1. The van der Waals surface area contributed by atoms with E-state index in [4.69, 9.17) is 10.2 Å². The van der Waals surface area contributed by atoms with Gasteiger partial charge in [-0.2, -0.15) is 9.50 Å². The molecule has 140 valence electrons. The van der Waals surface area contributed by atoms with Crippen LogP contribution in [0.3, 0.4) is 0 Å². The number of hydrogen-bond donors (Lipinski definition) is 1. The molecule has 0 spiro atoms. The molecule has 0 bridgehead atoms. The Labute approximate surface area is 155 Å². The summed E-state index contributed by atoms with van der Waals surface area (Å²) in [5.74, 6) is 2.18. The van der Waals surface area contributed by atoms with Crippen molar-refractivity contribution in [3.05, 3.63) is 24.7 Å². The summed E-state index contributed by atoms with van der Waals surface area (Å²) in [6.07, 6.45) is 5.94. The van der Waals surface area contributed by atoms with Crippen LogP contribution in [0.2, 0.25) is 0 Å². The molecule has 0 amide bonds. The van der Waals surface area contributed by atoms with Gasteiger partial charge in [0.15, 0.2) is 22.6 Å². The minimum Gasteiger partial charge on any atom is -0.461 e. The number of furan rings is 1. The summed E-state index contributed by atoms with van der Waals surface area (Å²) in [5.41, 5.74) is 8.17. The fourth-order valence-corrected chi connectivity index (χ4v) is 3.64. The zero-order valence-electron chi connectivity index (χ0n) is 15.2. The van der Waals surface area contributed by atoms with Crippen molar-refractivity contribution in [3.63, 3.8) is 0 Å². The van der Waals surface area contributed by atoms with E-state index in [9.17, 15) is 0 Å². The molecule has 5 rings (SSSR count). The van der Waals surface area contributed by atoms with Crippen molar-refractivity contribution in [2.45, 2.75) is 26.3 Å². The maximum Gasteiger partial charge on any atom is 0.225 e. The third-order valence-corrected chi connectivity index (χ3v) is 5.34. The monoisotopic (exact) mass is 366 g/mol. The standard InChI is InChI=1S/C18H22N8O/c1-12-4-6-24(7-5-12)8-9-25-11-20-14-16(25)22-18(19)26-17(14)21-15(23-26)13-3-2-10-27-13/h2-3,10-12H,4-9H2,1H3,(H2,19,22). The number of imidazole rings is 1. The minimum atomic E-state index is 0.288. The van der Waals surface area contributed by atoms with Gasteiger partial charge in [-0.05, 0) is 44.0 Å². The lowest BCUT2D eigenvalue weighted by Crippen LogP contribution is -2.35. The number of anilines is 1. The number of piperidine rings is 1. The SMILES string of the molecule is CC1CCN(CCn2cnc3c2nc(N)n2nc(-c4ccco4)nc32)CC1. The second kappa shape index (κ2) is 6.34. The highest BCUT2D eigenvalue weighted by Gasteiger charge is 2.19. The smallest absolute Gasteiger partial charge is 0.225 e. The quantitative estimate of drug-likeness (QED) is 0.589. The normalized spacial score (nSPS) is 16.6. The number of rotatable bonds is 4. The van der Waals surface area contributed by atoms with Crippen LogP contribution in [-0.4, -0.2) is 53.7 Å². The van der Waals surface area contributed by atoms with E-state index in [2.05, 4.69) is 31.9 Å². The first-order chi connectivity index (χ1) is 13.2. The Kier molecular flexibility index (Phi) is 3.82. The van der Waals surface area contributed by atoms with Crippen LogP contribution in [-0.2, 0) is 6.54 Å². The molecule has 0 aliphatic carbocycles. The van der Waals surface area contributed by atoms with Gasteiger partial charge in [-0.15, -0.1) is 5.10 Å². The first-order valence-electron chi connectivity index (χ1n) is 9.32. The van der Waals surface area contributed by atoms with E-state index >= 15 is 0 Å². The van der Waals surface area contributed by atoms with Crippen LogP contribution in [0.25, 0.3) is 28.4 Å². The van der Waals surface area contributed by atoms with Crippen LogP contribution >= 0.6 is 0 Å². The number of nitrogen functional groups attached to an aromatic ring is 1. The van der Waals surface area contributed by atoms with Crippen molar-refractivity contribution in [3.8, 4) is 11.6 Å². The predicted octanol–water partition coefficient (Wildman–Crippen LogP) is 2.05. The lowest BCUT2D eigenvalue weighted by Gasteiger charge is -2.30. The highest BCUT2D eigenvalue weighted by molar-refractivity contribution is 5.87. The van der Waals surface area contributed by atoms with Gasteiger partial charge >= 0.3 is 0 Å². The number of nitrogens with zero attached hydrogens (tertiary/aromatic N) is 7. The molecule has 1 aliphatic rings. The molecule has 1 saturated heterocycles. The number of likely N-dealkylation sites (tertiary alicyclic amines) is 1. The summed E-state index contributed by atoms with van der Waals surface area (Å²) in [6, 6.07) is 3.61. The average Bonchev–Trinajstić information content (AvgIpc) is 3.40. The number of fused-ring (bicyclic) bond motifs is 3. The maximum atomic E-state index is 6.14. The Morgan fingerprint density at radius 1 is 1.19 bits per heavy atom. The molecule has 5 heterocycles. The molecule has 0 aromatic carbocycles. The molecule has 9 nitrogen and oxygen atoms in total. The Morgan fingerprint density at radius 2 is 2.04 bits per heavy atom. The first kappa shape index (κ1) is 16.2. The van der Waals surface area contributed by atoms with Gasteiger partial charge in [0.25, 0.3) is 0 Å². The van der Waals surface area contributed by atoms with Gasteiger partial charge in [0, 0.05) is 13.1 Å².